The van der Waals surface area contributed by atoms with Gasteiger partial charge in [0.25, 0.3) is 5.56 Å². The van der Waals surface area contributed by atoms with E-state index in [4.69, 9.17) is 0 Å². The first kappa shape index (κ1) is 16.7. The first-order valence-electron chi connectivity index (χ1n) is 8.29. The van der Waals surface area contributed by atoms with Crippen LogP contribution in [0.3, 0.4) is 0 Å². The molecule has 0 unspecified atom stereocenters. The number of rotatable bonds is 4. The van der Waals surface area contributed by atoms with Crippen LogP contribution in [-0.2, 0) is 5.54 Å². The maximum atomic E-state index is 12.5. The second kappa shape index (κ2) is 5.92. The molecule has 3 heterocycles. The van der Waals surface area contributed by atoms with E-state index in [1.165, 1.54) is 4.88 Å². The van der Waals surface area contributed by atoms with Gasteiger partial charge in [0.15, 0.2) is 5.82 Å². The van der Waals surface area contributed by atoms with Gasteiger partial charge in [-0.2, -0.15) is 5.10 Å². The normalized spacial score (nSPS) is 16.8. The van der Waals surface area contributed by atoms with E-state index < -0.39 is 0 Å². The molecule has 3 aromatic heterocycles. The fourth-order valence-electron chi connectivity index (χ4n) is 3.04. The lowest BCUT2D eigenvalue weighted by Crippen LogP contribution is -2.27. The van der Waals surface area contributed by atoms with Crippen LogP contribution in [0.5, 0.6) is 0 Å². The van der Waals surface area contributed by atoms with E-state index >= 15 is 0 Å². The van der Waals surface area contributed by atoms with Gasteiger partial charge in [-0.15, -0.1) is 16.4 Å². The lowest BCUT2D eigenvalue weighted by atomic mass is 10.1. The Labute approximate surface area is 158 Å². The summed E-state index contributed by atoms with van der Waals surface area (Å²) in [4.78, 5) is 13.7. The number of thiophene rings is 1. The van der Waals surface area contributed by atoms with E-state index in [9.17, 15) is 4.79 Å². The standard InChI is InChI=1S/C18H19BrN4OS/c1-10-12-8-16(24)23(18(3)6-7-18)9-13(12)17(22-21-10)20-11(2)14-4-5-15(19)25-14/h4-5,8-9,11H,6-7H2,1-3H3,(H,20,22)/t11-/m1/s1. The fourth-order valence-corrected chi connectivity index (χ4v) is 4.47. The SMILES string of the molecule is Cc1nnc(N[C@H](C)c2ccc(Br)s2)c2cn(C3(C)CC3)c(=O)cc12. The third kappa shape index (κ3) is 3.00. The van der Waals surface area contributed by atoms with Crippen LogP contribution in [0.25, 0.3) is 10.8 Å². The second-order valence-corrected chi connectivity index (χ2v) is 9.44. The van der Waals surface area contributed by atoms with Crippen LogP contribution in [0.15, 0.2) is 33.0 Å². The number of nitrogens with one attached hydrogen (secondary N) is 1. The largest absolute Gasteiger partial charge is 0.361 e. The molecular formula is C18H19BrN4OS. The highest BCUT2D eigenvalue weighted by molar-refractivity contribution is 9.11. The summed E-state index contributed by atoms with van der Waals surface area (Å²) in [6.45, 7) is 6.12. The van der Waals surface area contributed by atoms with E-state index in [-0.39, 0.29) is 17.1 Å². The number of anilines is 1. The number of aromatic nitrogens is 3. The first-order chi connectivity index (χ1) is 11.9. The number of fused-ring (bicyclic) bond motifs is 1. The molecule has 0 saturated heterocycles. The molecule has 0 aliphatic heterocycles. The van der Waals surface area contributed by atoms with Crippen molar-refractivity contribution in [1.29, 1.82) is 0 Å². The van der Waals surface area contributed by atoms with Crippen LogP contribution >= 0.6 is 27.3 Å². The molecule has 4 rings (SSSR count). The predicted molar refractivity (Wildman–Crippen MR) is 105 cm³/mol. The van der Waals surface area contributed by atoms with E-state index in [0.29, 0.717) is 0 Å². The molecule has 0 radical (unpaired) electrons. The van der Waals surface area contributed by atoms with Gasteiger partial charge < -0.3 is 9.88 Å². The molecule has 1 aliphatic carbocycles. The molecule has 0 amide bonds. The van der Waals surface area contributed by atoms with Gasteiger partial charge in [-0.1, -0.05) is 0 Å². The van der Waals surface area contributed by atoms with E-state index in [1.54, 1.807) is 17.4 Å². The molecule has 5 nitrogen and oxygen atoms in total. The van der Waals surface area contributed by atoms with Crippen LogP contribution < -0.4 is 10.9 Å². The van der Waals surface area contributed by atoms with Crippen LogP contribution in [0.1, 0.15) is 43.3 Å². The van der Waals surface area contributed by atoms with Crippen molar-refractivity contribution in [2.45, 2.75) is 45.2 Å². The zero-order valence-electron chi connectivity index (χ0n) is 14.3. The lowest BCUT2D eigenvalue weighted by molar-refractivity contribution is 0.516. The molecular weight excluding hydrogens is 400 g/mol. The van der Waals surface area contributed by atoms with Crippen LogP contribution in [0.4, 0.5) is 5.82 Å². The number of pyridine rings is 1. The summed E-state index contributed by atoms with van der Waals surface area (Å²) in [6.07, 6.45) is 4.03. The molecule has 1 aliphatic rings. The van der Waals surface area contributed by atoms with Crippen molar-refractivity contribution >= 4 is 43.9 Å². The molecule has 1 N–H and O–H groups in total. The molecule has 1 atom stereocenters. The van der Waals surface area contributed by atoms with Gasteiger partial charge >= 0.3 is 0 Å². The highest BCUT2D eigenvalue weighted by Gasteiger charge is 2.40. The number of nitrogens with zero attached hydrogens (tertiary/aromatic N) is 3. The zero-order valence-corrected chi connectivity index (χ0v) is 16.7. The Morgan fingerprint density at radius 1 is 1.32 bits per heavy atom. The predicted octanol–water partition coefficient (Wildman–Crippen LogP) is 4.61. The molecule has 1 saturated carbocycles. The molecule has 130 valence electrons. The summed E-state index contributed by atoms with van der Waals surface area (Å²) < 4.78 is 2.96. The van der Waals surface area contributed by atoms with Gasteiger partial charge in [-0.25, -0.2) is 0 Å². The van der Waals surface area contributed by atoms with Gasteiger partial charge in [0.1, 0.15) is 0 Å². The maximum Gasteiger partial charge on any atom is 0.251 e. The first-order valence-corrected chi connectivity index (χ1v) is 9.90. The third-order valence-corrected chi connectivity index (χ3v) is 6.73. The maximum absolute atomic E-state index is 12.5. The highest BCUT2D eigenvalue weighted by Crippen LogP contribution is 2.42. The van der Waals surface area contributed by atoms with Crippen molar-refractivity contribution in [3.63, 3.8) is 0 Å². The minimum Gasteiger partial charge on any atom is -0.361 e. The van der Waals surface area contributed by atoms with E-state index in [2.05, 4.69) is 51.4 Å². The topological polar surface area (TPSA) is 59.8 Å². The van der Waals surface area contributed by atoms with E-state index in [0.717, 1.165) is 38.9 Å². The smallest absolute Gasteiger partial charge is 0.251 e. The molecule has 0 aromatic carbocycles. The summed E-state index contributed by atoms with van der Waals surface area (Å²) >= 11 is 5.20. The van der Waals surface area contributed by atoms with Crippen LogP contribution in [0, 0.1) is 6.92 Å². The number of hydrogen-bond acceptors (Lipinski definition) is 5. The van der Waals surface area contributed by atoms with Crippen molar-refractivity contribution in [3.05, 3.63) is 49.1 Å². The Bertz CT molecular complexity index is 1020. The highest BCUT2D eigenvalue weighted by atomic mass is 79.9. The van der Waals surface area contributed by atoms with E-state index in [1.807, 2.05) is 23.8 Å². The van der Waals surface area contributed by atoms with Crippen molar-refractivity contribution in [2.75, 3.05) is 5.32 Å². The van der Waals surface area contributed by atoms with Crippen LogP contribution in [-0.4, -0.2) is 14.8 Å². The van der Waals surface area contributed by atoms with Crippen molar-refractivity contribution < 1.29 is 0 Å². The molecule has 1 fully saturated rings. The number of halogens is 1. The zero-order chi connectivity index (χ0) is 17.8. The summed E-state index contributed by atoms with van der Waals surface area (Å²) in [5.74, 6) is 0.718. The van der Waals surface area contributed by atoms with Crippen molar-refractivity contribution in [1.82, 2.24) is 14.8 Å². The monoisotopic (exact) mass is 418 g/mol. The molecule has 3 aromatic rings. The van der Waals surface area contributed by atoms with Gasteiger partial charge in [0.2, 0.25) is 0 Å². The molecule has 0 bridgehead atoms. The lowest BCUT2D eigenvalue weighted by Gasteiger charge is -2.18. The minimum absolute atomic E-state index is 0.0322. The summed E-state index contributed by atoms with van der Waals surface area (Å²) in [5.41, 5.74) is 0.756. The summed E-state index contributed by atoms with van der Waals surface area (Å²) in [5, 5.41) is 13.9. The molecule has 25 heavy (non-hydrogen) atoms. The minimum atomic E-state index is -0.0516. The van der Waals surface area contributed by atoms with Gasteiger partial charge in [0.05, 0.1) is 15.5 Å². The number of hydrogen-bond donors (Lipinski definition) is 1. The second-order valence-electron chi connectivity index (χ2n) is 6.95. The Kier molecular flexibility index (Phi) is 3.96. The van der Waals surface area contributed by atoms with Gasteiger partial charge in [-0.3, -0.25) is 4.79 Å². The van der Waals surface area contributed by atoms with Crippen LogP contribution in [0.2, 0.25) is 0 Å². The van der Waals surface area contributed by atoms with Gasteiger partial charge in [0, 0.05) is 33.5 Å². The van der Waals surface area contributed by atoms with Gasteiger partial charge in [-0.05, 0) is 61.7 Å². The van der Waals surface area contributed by atoms with Crippen molar-refractivity contribution in [2.24, 2.45) is 0 Å². The quantitative estimate of drug-likeness (QED) is 0.671. The Hall–Kier alpha value is -1.73. The summed E-state index contributed by atoms with van der Waals surface area (Å²) in [6, 6.07) is 5.94. The average molecular weight is 419 g/mol. The Morgan fingerprint density at radius 3 is 2.72 bits per heavy atom. The average Bonchev–Trinajstić information content (AvgIpc) is 3.16. The molecule has 7 heteroatoms. The van der Waals surface area contributed by atoms with Crippen molar-refractivity contribution in [3.8, 4) is 0 Å². The Morgan fingerprint density at radius 2 is 2.08 bits per heavy atom. The third-order valence-electron chi connectivity index (χ3n) is 4.93. The molecule has 0 spiro atoms. The summed E-state index contributed by atoms with van der Waals surface area (Å²) in [7, 11) is 0. The number of aryl methyl sites for hydroxylation is 1. The fraction of sp³-hybridized carbons (Fsp3) is 0.389. The Balaban J connectivity index is 1.80.